The molecule has 39 heavy (non-hydrogen) atoms. The first-order valence-electron chi connectivity index (χ1n) is 13.6. The van der Waals surface area contributed by atoms with E-state index < -0.39 is 18.5 Å². The molecule has 1 aliphatic carbocycles. The van der Waals surface area contributed by atoms with Crippen molar-refractivity contribution in [2.24, 2.45) is 11.8 Å². The second-order valence-electron chi connectivity index (χ2n) is 10.6. The van der Waals surface area contributed by atoms with Crippen LogP contribution in [0.25, 0.3) is 11.3 Å². The van der Waals surface area contributed by atoms with Crippen molar-refractivity contribution in [1.82, 2.24) is 29.9 Å². The van der Waals surface area contributed by atoms with Gasteiger partial charge in [0, 0.05) is 67.5 Å². The summed E-state index contributed by atoms with van der Waals surface area (Å²) in [5.74, 6) is -0.246. The Labute approximate surface area is 231 Å². The molecule has 9 nitrogen and oxygen atoms in total. The van der Waals surface area contributed by atoms with Gasteiger partial charge in [0.2, 0.25) is 6.43 Å². The molecule has 210 valence electrons. The maximum absolute atomic E-state index is 13.1. The third kappa shape index (κ3) is 6.94. The fraction of sp³-hybridized carbons (Fsp3) is 0.556. The van der Waals surface area contributed by atoms with E-state index in [0.717, 1.165) is 37.7 Å². The maximum atomic E-state index is 13.1. The van der Waals surface area contributed by atoms with E-state index in [1.165, 1.54) is 19.3 Å². The van der Waals surface area contributed by atoms with Gasteiger partial charge in [0.1, 0.15) is 11.9 Å². The molecule has 3 aromatic heterocycles. The molecule has 2 N–H and O–H groups in total. The molecule has 0 bridgehead atoms. The summed E-state index contributed by atoms with van der Waals surface area (Å²) in [7, 11) is 0. The minimum Gasteiger partial charge on any atom is -0.383 e. The van der Waals surface area contributed by atoms with Crippen LogP contribution in [0, 0.1) is 11.8 Å². The number of alkyl halides is 3. The number of anilines is 2. The SMILES string of the molecule is CC(n1cc(-c2cncc(NCC(CCl)C(F)F)c2)nn1)n1ccc(N2CCC[C@@H](NCC3CC3)C2)cc1=O. The van der Waals surface area contributed by atoms with Crippen molar-refractivity contribution in [3.8, 4) is 11.3 Å². The Hall–Kier alpha value is -3.05. The van der Waals surface area contributed by atoms with Crippen molar-refractivity contribution < 1.29 is 8.78 Å². The second kappa shape index (κ2) is 12.4. The molecule has 1 saturated carbocycles. The Morgan fingerprint density at radius 3 is 2.79 bits per heavy atom. The number of aromatic nitrogens is 5. The number of hydrogen-bond donors (Lipinski definition) is 2. The van der Waals surface area contributed by atoms with Crippen molar-refractivity contribution in [2.75, 3.05) is 42.3 Å². The third-order valence-electron chi connectivity index (χ3n) is 7.56. The van der Waals surface area contributed by atoms with E-state index in [4.69, 9.17) is 11.6 Å². The molecular formula is C27H35ClF2N8O. The van der Waals surface area contributed by atoms with Gasteiger partial charge in [-0.05, 0) is 57.2 Å². The molecule has 0 radical (unpaired) electrons. The van der Waals surface area contributed by atoms with E-state index in [2.05, 4.69) is 30.8 Å². The largest absolute Gasteiger partial charge is 0.383 e. The highest BCUT2D eigenvalue weighted by molar-refractivity contribution is 6.18. The average molecular weight is 561 g/mol. The van der Waals surface area contributed by atoms with E-state index in [-0.39, 0.29) is 18.0 Å². The van der Waals surface area contributed by atoms with Gasteiger partial charge in [-0.1, -0.05) is 5.21 Å². The molecule has 12 heteroatoms. The fourth-order valence-corrected chi connectivity index (χ4v) is 5.12. The predicted molar refractivity (Wildman–Crippen MR) is 149 cm³/mol. The lowest BCUT2D eigenvalue weighted by Crippen LogP contribution is -2.46. The third-order valence-corrected chi connectivity index (χ3v) is 7.96. The van der Waals surface area contributed by atoms with Crippen molar-refractivity contribution in [1.29, 1.82) is 0 Å². The smallest absolute Gasteiger partial charge is 0.254 e. The van der Waals surface area contributed by atoms with Crippen molar-refractivity contribution in [2.45, 2.75) is 51.2 Å². The van der Waals surface area contributed by atoms with E-state index in [1.54, 1.807) is 40.0 Å². The first-order valence-corrected chi connectivity index (χ1v) is 14.1. The number of halogens is 3. The van der Waals surface area contributed by atoms with Crippen LogP contribution in [-0.2, 0) is 0 Å². The zero-order chi connectivity index (χ0) is 27.4. The molecule has 3 aromatic rings. The monoisotopic (exact) mass is 560 g/mol. The predicted octanol–water partition coefficient (Wildman–Crippen LogP) is 4.07. The summed E-state index contributed by atoms with van der Waals surface area (Å²) in [6, 6.07) is 5.92. The molecular weight excluding hydrogens is 526 g/mol. The van der Waals surface area contributed by atoms with Crippen molar-refractivity contribution >= 4 is 23.0 Å². The van der Waals surface area contributed by atoms with E-state index in [9.17, 15) is 13.6 Å². The Morgan fingerprint density at radius 1 is 1.21 bits per heavy atom. The molecule has 0 spiro atoms. The van der Waals surface area contributed by atoms with Gasteiger partial charge in [0.25, 0.3) is 5.56 Å². The molecule has 0 aromatic carbocycles. The maximum Gasteiger partial charge on any atom is 0.254 e. The van der Waals surface area contributed by atoms with Crippen LogP contribution in [0.2, 0.25) is 0 Å². The van der Waals surface area contributed by atoms with Crippen LogP contribution in [0.15, 0.2) is 47.8 Å². The van der Waals surface area contributed by atoms with Gasteiger partial charge in [-0.3, -0.25) is 14.3 Å². The number of hydrogen-bond acceptors (Lipinski definition) is 7. The highest BCUT2D eigenvalue weighted by atomic mass is 35.5. The first kappa shape index (κ1) is 27.5. The molecule has 2 fully saturated rings. The summed E-state index contributed by atoms with van der Waals surface area (Å²) in [4.78, 5) is 19.6. The Morgan fingerprint density at radius 2 is 2.05 bits per heavy atom. The van der Waals surface area contributed by atoms with Gasteiger partial charge in [-0.25, -0.2) is 13.5 Å². The van der Waals surface area contributed by atoms with Gasteiger partial charge in [-0.2, -0.15) is 0 Å². The Balaban J connectivity index is 1.24. The number of pyridine rings is 2. The minimum absolute atomic E-state index is 0.0317. The van der Waals surface area contributed by atoms with Crippen LogP contribution >= 0.6 is 11.6 Å². The van der Waals surface area contributed by atoms with E-state index >= 15 is 0 Å². The van der Waals surface area contributed by atoms with Gasteiger partial charge in [0.15, 0.2) is 0 Å². The van der Waals surface area contributed by atoms with Crippen LogP contribution in [0.3, 0.4) is 0 Å². The van der Waals surface area contributed by atoms with Crippen LogP contribution < -0.4 is 21.1 Å². The van der Waals surface area contributed by atoms with Crippen LogP contribution in [0.1, 0.15) is 38.8 Å². The lowest BCUT2D eigenvalue weighted by molar-refractivity contribution is 0.0943. The lowest BCUT2D eigenvalue weighted by Gasteiger charge is -2.35. The standard InChI is InChI=1S/C27H35ClF2N8O/c1-18(37-8-6-24(10-26(37)39)36-7-2-3-22(16-36)32-12-19-4-5-19)38-17-25(34-35-38)20-9-23(15-31-13-20)33-14-21(11-28)27(29)30/h6,8-10,13,15,17-19,21-22,27,32-33H,2-5,7,11-12,14,16H2,1H3/t18?,21?,22-/m1/s1. The summed E-state index contributed by atoms with van der Waals surface area (Å²) in [5.41, 5.74) is 2.66. The van der Waals surface area contributed by atoms with Gasteiger partial charge in [0.05, 0.1) is 17.8 Å². The zero-order valence-corrected chi connectivity index (χ0v) is 22.8. The first-order chi connectivity index (χ1) is 18.9. The molecule has 2 unspecified atom stereocenters. The van der Waals surface area contributed by atoms with Crippen molar-refractivity contribution in [3.63, 3.8) is 0 Å². The normalized spacial score (nSPS) is 19.3. The topological polar surface area (TPSA) is 92.9 Å². The molecule has 0 amide bonds. The highest BCUT2D eigenvalue weighted by Crippen LogP contribution is 2.28. The highest BCUT2D eigenvalue weighted by Gasteiger charge is 2.25. The van der Waals surface area contributed by atoms with Crippen LogP contribution in [0.5, 0.6) is 0 Å². The molecule has 1 saturated heterocycles. The van der Waals surface area contributed by atoms with Crippen LogP contribution in [0.4, 0.5) is 20.2 Å². The second-order valence-corrected chi connectivity index (χ2v) is 10.9. The molecule has 2 aliphatic rings. The molecule has 1 aliphatic heterocycles. The minimum atomic E-state index is -2.50. The van der Waals surface area contributed by atoms with Crippen LogP contribution in [-0.4, -0.2) is 69.1 Å². The summed E-state index contributed by atoms with van der Waals surface area (Å²) >= 11 is 5.64. The van der Waals surface area contributed by atoms with E-state index in [0.29, 0.717) is 23.0 Å². The number of nitrogens with zero attached hydrogens (tertiary/aromatic N) is 6. The van der Waals surface area contributed by atoms with Gasteiger partial charge >= 0.3 is 0 Å². The summed E-state index contributed by atoms with van der Waals surface area (Å²) in [6.07, 6.45) is 8.80. The lowest BCUT2D eigenvalue weighted by atomic mass is 10.0. The number of nitrogens with one attached hydrogen (secondary N) is 2. The Kier molecular flexibility index (Phi) is 8.76. The fourth-order valence-electron chi connectivity index (χ4n) is 4.87. The number of rotatable bonds is 12. The quantitative estimate of drug-likeness (QED) is 0.323. The Bertz CT molecular complexity index is 1300. The van der Waals surface area contributed by atoms with E-state index in [1.807, 2.05) is 19.2 Å². The molecule has 5 rings (SSSR count). The molecule has 4 heterocycles. The summed E-state index contributed by atoms with van der Waals surface area (Å²) < 4.78 is 29.2. The van der Waals surface area contributed by atoms with Gasteiger partial charge < -0.3 is 15.5 Å². The molecule has 3 atom stereocenters. The average Bonchev–Trinajstić information content (AvgIpc) is 3.65. The number of piperidine rings is 1. The van der Waals surface area contributed by atoms with Gasteiger partial charge in [-0.15, -0.1) is 16.7 Å². The zero-order valence-electron chi connectivity index (χ0n) is 22.0. The summed E-state index contributed by atoms with van der Waals surface area (Å²) in [5, 5.41) is 15.2. The van der Waals surface area contributed by atoms with Crippen molar-refractivity contribution in [3.05, 3.63) is 53.3 Å². The summed E-state index contributed by atoms with van der Waals surface area (Å²) in [6.45, 7) is 4.87.